The Morgan fingerprint density at radius 3 is 2.63 bits per heavy atom. The van der Waals surface area contributed by atoms with Gasteiger partial charge < -0.3 is 10.4 Å². The normalized spacial score (nSPS) is 12.3. The van der Waals surface area contributed by atoms with Crippen molar-refractivity contribution in [3.63, 3.8) is 0 Å². The molecule has 0 atom stereocenters. The summed E-state index contributed by atoms with van der Waals surface area (Å²) in [6.45, 7) is 1.10. The van der Waals surface area contributed by atoms with Gasteiger partial charge in [-0.3, -0.25) is 9.38 Å². The molecule has 0 aliphatic rings. The van der Waals surface area contributed by atoms with Crippen molar-refractivity contribution in [2.24, 2.45) is 0 Å². The van der Waals surface area contributed by atoms with Gasteiger partial charge in [0.25, 0.3) is 0 Å². The molecule has 0 aliphatic carbocycles. The minimum Gasteiger partial charge on any atom is -0.478 e. The van der Waals surface area contributed by atoms with Gasteiger partial charge in [0, 0.05) is 16.9 Å². The molecule has 2 N–H and O–H groups in total. The Morgan fingerprint density at radius 2 is 2.03 bits per heavy atom. The summed E-state index contributed by atoms with van der Waals surface area (Å²) in [6, 6.07) is 3.72. The van der Waals surface area contributed by atoms with E-state index in [-0.39, 0.29) is 28.8 Å². The Labute approximate surface area is 176 Å². The number of anilines is 1. The van der Waals surface area contributed by atoms with Gasteiger partial charge in [-0.1, -0.05) is 6.92 Å². The fourth-order valence-electron chi connectivity index (χ4n) is 2.69. The van der Waals surface area contributed by atoms with Crippen LogP contribution in [0.5, 0.6) is 0 Å². The van der Waals surface area contributed by atoms with Crippen molar-refractivity contribution < 1.29 is 31.5 Å². The van der Waals surface area contributed by atoms with E-state index in [1.54, 1.807) is 12.1 Å². The number of fused-ring (bicyclic) bond motifs is 1. The van der Waals surface area contributed by atoms with Crippen molar-refractivity contribution in [2.45, 2.75) is 24.7 Å². The lowest BCUT2D eigenvalue weighted by Gasteiger charge is -2.11. The number of hydrogen-bond acceptors (Lipinski definition) is 6. The molecule has 3 rings (SSSR count). The predicted molar refractivity (Wildman–Crippen MR) is 104 cm³/mol. The summed E-state index contributed by atoms with van der Waals surface area (Å²) in [5.74, 6) is -1.88. The zero-order valence-corrected chi connectivity index (χ0v) is 17.6. The second-order valence-corrected chi connectivity index (χ2v) is 9.23. The van der Waals surface area contributed by atoms with Gasteiger partial charge in [-0.2, -0.15) is 13.2 Å². The Morgan fingerprint density at radius 1 is 1.33 bits per heavy atom. The van der Waals surface area contributed by atoms with Crippen LogP contribution in [0.1, 0.15) is 28.5 Å². The quantitative estimate of drug-likeness (QED) is 0.524. The number of alkyl halides is 3. The smallest absolute Gasteiger partial charge is 0.417 e. The van der Waals surface area contributed by atoms with Crippen LogP contribution in [0.2, 0.25) is 0 Å². The number of imidazole rings is 1. The van der Waals surface area contributed by atoms with Crippen LogP contribution in [0, 0.1) is 0 Å². The number of hydrogen-bond donors (Lipinski definition) is 2. The van der Waals surface area contributed by atoms with Crippen LogP contribution in [0.4, 0.5) is 19.0 Å². The first kappa shape index (κ1) is 22.0. The minimum absolute atomic E-state index is 0.0620. The summed E-state index contributed by atoms with van der Waals surface area (Å²) in [5, 5.41) is 11.8. The van der Waals surface area contributed by atoms with Gasteiger partial charge in [0.15, 0.2) is 20.7 Å². The number of carboxylic acid groups (broad SMARTS) is 1. The first-order valence-corrected chi connectivity index (χ1v) is 10.8. The number of sulfone groups is 1. The standard InChI is InChI=1S/C17H14BrF3N4O4S/c1-2-30(28,29)15-14(24-13-4-3-10(18)8-25(13)15)23-7-12-11(16(26)27)5-9(6-22-12)17(19,20)21/h3-6,8,23H,2,7H2,1H3,(H,26,27). The summed E-state index contributed by atoms with van der Waals surface area (Å²) in [7, 11) is -3.75. The van der Waals surface area contributed by atoms with Crippen LogP contribution < -0.4 is 5.32 Å². The highest BCUT2D eigenvalue weighted by molar-refractivity contribution is 9.10. The molecule has 0 amide bonds. The number of aromatic nitrogens is 3. The summed E-state index contributed by atoms with van der Waals surface area (Å²) in [6.07, 6.45) is -2.72. The molecule has 0 aromatic carbocycles. The summed E-state index contributed by atoms with van der Waals surface area (Å²) in [5.41, 5.74) is -1.74. The number of nitrogens with zero attached hydrogens (tertiary/aromatic N) is 3. The van der Waals surface area contributed by atoms with Crippen molar-refractivity contribution >= 4 is 43.2 Å². The van der Waals surface area contributed by atoms with Gasteiger partial charge in [-0.05, 0) is 34.1 Å². The average Bonchev–Trinajstić information content (AvgIpc) is 3.03. The van der Waals surface area contributed by atoms with Gasteiger partial charge in [-0.15, -0.1) is 0 Å². The maximum Gasteiger partial charge on any atom is 0.417 e. The third-order valence-electron chi connectivity index (χ3n) is 4.16. The Hall–Kier alpha value is -2.67. The molecule has 0 bridgehead atoms. The fourth-order valence-corrected chi connectivity index (χ4v) is 4.16. The lowest BCUT2D eigenvalue weighted by molar-refractivity contribution is -0.137. The van der Waals surface area contributed by atoms with Crippen LogP contribution in [0.15, 0.2) is 40.1 Å². The summed E-state index contributed by atoms with van der Waals surface area (Å²) in [4.78, 5) is 19.2. The molecular formula is C17H14BrF3N4O4S. The predicted octanol–water partition coefficient (Wildman–Crippen LogP) is 3.61. The van der Waals surface area contributed by atoms with Gasteiger partial charge in [-0.25, -0.2) is 18.2 Å². The molecule has 0 aliphatic heterocycles. The van der Waals surface area contributed by atoms with E-state index in [9.17, 15) is 31.5 Å². The van der Waals surface area contributed by atoms with Gasteiger partial charge >= 0.3 is 12.1 Å². The van der Waals surface area contributed by atoms with Crippen molar-refractivity contribution in [1.29, 1.82) is 0 Å². The third kappa shape index (κ3) is 4.26. The topological polar surface area (TPSA) is 114 Å². The van der Waals surface area contributed by atoms with E-state index in [4.69, 9.17) is 0 Å². The molecule has 3 heterocycles. The molecule has 3 aromatic heterocycles. The van der Waals surface area contributed by atoms with E-state index < -0.39 is 33.1 Å². The Bertz CT molecular complexity index is 1240. The molecule has 160 valence electrons. The number of halogens is 4. The second-order valence-electron chi connectivity index (χ2n) is 6.12. The summed E-state index contributed by atoms with van der Waals surface area (Å²) < 4.78 is 65.7. The van der Waals surface area contributed by atoms with E-state index in [1.807, 2.05) is 0 Å². The zero-order valence-electron chi connectivity index (χ0n) is 15.2. The first-order valence-electron chi connectivity index (χ1n) is 8.37. The fraction of sp³-hybridized carbons (Fsp3) is 0.235. The molecule has 3 aromatic rings. The van der Waals surface area contributed by atoms with Crippen LogP contribution >= 0.6 is 15.9 Å². The number of nitrogens with one attached hydrogen (secondary N) is 1. The Balaban J connectivity index is 2.04. The highest BCUT2D eigenvalue weighted by Gasteiger charge is 2.32. The van der Waals surface area contributed by atoms with Gasteiger partial charge in [0.05, 0.1) is 29.1 Å². The number of aromatic carboxylic acids is 1. The third-order valence-corrected chi connectivity index (χ3v) is 6.37. The maximum atomic E-state index is 12.9. The largest absolute Gasteiger partial charge is 0.478 e. The maximum absolute atomic E-state index is 12.9. The van der Waals surface area contributed by atoms with Crippen LogP contribution in [-0.4, -0.2) is 39.6 Å². The number of rotatable bonds is 6. The second kappa shape index (κ2) is 7.87. The van der Waals surface area contributed by atoms with Gasteiger partial charge in [0.1, 0.15) is 5.65 Å². The first-order chi connectivity index (χ1) is 13.9. The Kier molecular flexibility index (Phi) is 5.78. The van der Waals surface area contributed by atoms with Gasteiger partial charge in [0.2, 0.25) is 0 Å². The highest BCUT2D eigenvalue weighted by Crippen LogP contribution is 2.30. The lowest BCUT2D eigenvalue weighted by Crippen LogP contribution is -2.15. The van der Waals surface area contributed by atoms with E-state index in [2.05, 4.69) is 31.2 Å². The highest BCUT2D eigenvalue weighted by atomic mass is 79.9. The number of pyridine rings is 2. The minimum atomic E-state index is -4.75. The van der Waals surface area contributed by atoms with E-state index in [0.29, 0.717) is 22.4 Å². The lowest BCUT2D eigenvalue weighted by atomic mass is 10.1. The van der Waals surface area contributed by atoms with Crippen molar-refractivity contribution in [1.82, 2.24) is 14.4 Å². The molecule has 0 fully saturated rings. The van der Waals surface area contributed by atoms with E-state index >= 15 is 0 Å². The molecule has 13 heteroatoms. The monoisotopic (exact) mass is 506 g/mol. The molecule has 0 radical (unpaired) electrons. The molecular weight excluding hydrogens is 493 g/mol. The average molecular weight is 507 g/mol. The van der Waals surface area contributed by atoms with Crippen LogP contribution in [0.3, 0.4) is 0 Å². The SMILES string of the molecule is CCS(=O)(=O)c1c(NCc2ncc(C(F)(F)F)cc2C(=O)O)nc2ccc(Br)cn12. The molecule has 0 saturated carbocycles. The molecule has 0 saturated heterocycles. The molecule has 8 nitrogen and oxygen atoms in total. The van der Waals surface area contributed by atoms with Crippen molar-refractivity contribution in [3.05, 3.63) is 51.9 Å². The molecule has 30 heavy (non-hydrogen) atoms. The van der Waals surface area contributed by atoms with Crippen LogP contribution in [0.25, 0.3) is 5.65 Å². The van der Waals surface area contributed by atoms with Crippen molar-refractivity contribution in [3.8, 4) is 0 Å². The van der Waals surface area contributed by atoms with Crippen molar-refractivity contribution in [2.75, 3.05) is 11.1 Å². The van der Waals surface area contributed by atoms with Crippen LogP contribution in [-0.2, 0) is 22.6 Å². The molecule has 0 spiro atoms. The molecule has 0 unspecified atom stereocenters. The van der Waals surface area contributed by atoms with E-state index in [1.165, 1.54) is 17.5 Å². The number of carboxylic acids is 1. The van der Waals surface area contributed by atoms with E-state index in [0.717, 1.165) is 0 Å². The number of carbonyl (C=O) groups is 1. The summed E-state index contributed by atoms with van der Waals surface area (Å²) >= 11 is 3.26. The zero-order chi connectivity index (χ0) is 22.3.